The molecular formula is C24H27N3O5. The molecule has 5 aliphatic rings. The average Bonchev–Trinajstić information content (AvgIpc) is 3.10. The van der Waals surface area contributed by atoms with Gasteiger partial charge in [0.1, 0.15) is 5.54 Å². The smallest absolute Gasteiger partial charge is 0.327 e. The Morgan fingerprint density at radius 1 is 0.969 bits per heavy atom. The van der Waals surface area contributed by atoms with E-state index in [2.05, 4.69) is 0 Å². The molecule has 168 valence electrons. The molecule has 4 fully saturated rings. The van der Waals surface area contributed by atoms with Crippen molar-refractivity contribution >= 4 is 23.8 Å². The van der Waals surface area contributed by atoms with Crippen molar-refractivity contribution in [3.05, 3.63) is 35.4 Å². The number of ether oxygens (including phenoxy) is 1. The third kappa shape index (κ3) is 2.53. The van der Waals surface area contributed by atoms with Crippen molar-refractivity contribution in [1.82, 2.24) is 14.7 Å². The number of imide groups is 2. The molecule has 0 unspecified atom stereocenters. The van der Waals surface area contributed by atoms with Crippen LogP contribution in [-0.2, 0) is 9.53 Å². The quantitative estimate of drug-likeness (QED) is 0.535. The lowest BCUT2D eigenvalue weighted by Crippen LogP contribution is -2.65. The molecule has 2 aliphatic carbocycles. The topological polar surface area (TPSA) is 87.2 Å². The summed E-state index contributed by atoms with van der Waals surface area (Å²) in [5, 5.41) is 0. The molecule has 3 aliphatic heterocycles. The average molecular weight is 437 g/mol. The molecule has 0 radical (unpaired) electrons. The fourth-order valence-electron chi connectivity index (χ4n) is 6.68. The highest BCUT2D eigenvalue weighted by molar-refractivity contribution is 6.21. The molecule has 0 N–H and O–H groups in total. The van der Waals surface area contributed by atoms with E-state index < -0.39 is 5.54 Å². The highest BCUT2D eigenvalue weighted by Crippen LogP contribution is 2.61. The fourth-order valence-corrected chi connectivity index (χ4v) is 6.68. The van der Waals surface area contributed by atoms with Crippen molar-refractivity contribution in [3.8, 4) is 0 Å². The van der Waals surface area contributed by atoms with Gasteiger partial charge in [0.05, 0.1) is 24.3 Å². The number of likely N-dealkylation sites (N-methyl/N-ethyl adjacent to an activating group) is 1. The van der Waals surface area contributed by atoms with E-state index in [1.807, 2.05) is 0 Å². The summed E-state index contributed by atoms with van der Waals surface area (Å²) in [4.78, 5) is 56.1. The Kier molecular flexibility index (Phi) is 4.13. The minimum absolute atomic E-state index is 0.00462. The highest BCUT2D eigenvalue weighted by atomic mass is 16.5. The van der Waals surface area contributed by atoms with E-state index in [1.165, 1.54) is 9.80 Å². The Labute approximate surface area is 186 Å². The third-order valence-electron chi connectivity index (χ3n) is 8.43. The fraction of sp³-hybridized carbons (Fsp3) is 0.583. The minimum Gasteiger partial charge on any atom is -0.381 e. The molecule has 5 amide bonds. The molecule has 8 nitrogen and oxygen atoms in total. The molecule has 2 saturated carbocycles. The monoisotopic (exact) mass is 437 g/mol. The van der Waals surface area contributed by atoms with Crippen LogP contribution in [0.25, 0.3) is 0 Å². The van der Waals surface area contributed by atoms with Crippen LogP contribution < -0.4 is 0 Å². The number of rotatable bonds is 3. The van der Waals surface area contributed by atoms with Crippen LogP contribution in [0.1, 0.15) is 59.2 Å². The molecule has 2 saturated heterocycles. The predicted octanol–water partition coefficient (Wildman–Crippen LogP) is 2.28. The molecule has 32 heavy (non-hydrogen) atoms. The zero-order chi connectivity index (χ0) is 22.3. The first kappa shape index (κ1) is 19.9. The van der Waals surface area contributed by atoms with Crippen molar-refractivity contribution in [1.29, 1.82) is 0 Å². The van der Waals surface area contributed by atoms with Crippen LogP contribution in [0.4, 0.5) is 4.79 Å². The maximum absolute atomic E-state index is 13.1. The summed E-state index contributed by atoms with van der Waals surface area (Å²) in [5.41, 5.74) is 0.275. The maximum atomic E-state index is 13.1. The van der Waals surface area contributed by atoms with Gasteiger partial charge in [-0.3, -0.25) is 24.2 Å². The second-order valence-electron chi connectivity index (χ2n) is 10.3. The van der Waals surface area contributed by atoms with Gasteiger partial charge in [0.15, 0.2) is 0 Å². The van der Waals surface area contributed by atoms with E-state index in [0.717, 1.165) is 25.7 Å². The van der Waals surface area contributed by atoms with Crippen molar-refractivity contribution in [3.63, 3.8) is 0 Å². The number of fused-ring (bicyclic) bond motifs is 1. The molecule has 2 spiro atoms. The molecular weight excluding hydrogens is 410 g/mol. The standard InChI is InChI=1S/C24H27N3O5/c1-25-21(30)24(26(22(25)31)10-15-11-32-12-15)13-23(14-24)8-6-16(7-9-23)27-19(28)17-4-2-3-5-18(17)20(27)29/h2-5,15-16H,6-14H2,1H3. The summed E-state index contributed by atoms with van der Waals surface area (Å²) in [6.07, 6.45) is 4.57. The zero-order valence-corrected chi connectivity index (χ0v) is 18.2. The van der Waals surface area contributed by atoms with E-state index in [-0.39, 0.29) is 35.2 Å². The van der Waals surface area contributed by atoms with Crippen LogP contribution in [0.15, 0.2) is 24.3 Å². The van der Waals surface area contributed by atoms with E-state index in [1.54, 1.807) is 36.2 Å². The third-order valence-corrected chi connectivity index (χ3v) is 8.43. The highest BCUT2D eigenvalue weighted by Gasteiger charge is 2.68. The number of amides is 5. The summed E-state index contributed by atoms with van der Waals surface area (Å²) >= 11 is 0. The Balaban J connectivity index is 1.16. The molecule has 6 rings (SSSR count). The molecule has 1 aromatic rings. The number of nitrogens with zero attached hydrogens (tertiary/aromatic N) is 3. The van der Waals surface area contributed by atoms with Crippen LogP contribution in [0.5, 0.6) is 0 Å². The number of urea groups is 1. The lowest BCUT2D eigenvalue weighted by molar-refractivity contribution is -0.152. The number of hydrogen-bond acceptors (Lipinski definition) is 5. The van der Waals surface area contributed by atoms with Crippen LogP contribution in [0.2, 0.25) is 0 Å². The Bertz CT molecular complexity index is 997. The summed E-state index contributed by atoms with van der Waals surface area (Å²) in [7, 11) is 1.58. The normalized spacial score (nSPS) is 34.5. The van der Waals surface area contributed by atoms with Crippen LogP contribution in [-0.4, -0.2) is 76.8 Å². The van der Waals surface area contributed by atoms with Gasteiger partial charge in [-0.05, 0) is 56.1 Å². The van der Waals surface area contributed by atoms with Crippen molar-refractivity contribution < 1.29 is 23.9 Å². The molecule has 0 bridgehead atoms. The molecule has 0 aromatic heterocycles. The summed E-state index contributed by atoms with van der Waals surface area (Å²) < 4.78 is 5.27. The van der Waals surface area contributed by atoms with E-state index in [0.29, 0.717) is 49.6 Å². The summed E-state index contributed by atoms with van der Waals surface area (Å²) in [6, 6.07) is 6.71. The Morgan fingerprint density at radius 2 is 1.56 bits per heavy atom. The second kappa shape index (κ2) is 6.63. The molecule has 8 heteroatoms. The summed E-state index contributed by atoms with van der Waals surface area (Å²) in [6.45, 7) is 1.86. The van der Waals surface area contributed by atoms with Gasteiger partial charge in [0, 0.05) is 25.6 Å². The van der Waals surface area contributed by atoms with Crippen LogP contribution in [0.3, 0.4) is 0 Å². The van der Waals surface area contributed by atoms with Crippen molar-refractivity contribution in [2.24, 2.45) is 11.3 Å². The largest absolute Gasteiger partial charge is 0.381 e. The predicted molar refractivity (Wildman–Crippen MR) is 113 cm³/mol. The van der Waals surface area contributed by atoms with Crippen LogP contribution >= 0.6 is 0 Å². The number of benzene rings is 1. The maximum Gasteiger partial charge on any atom is 0.327 e. The first-order valence-corrected chi connectivity index (χ1v) is 11.5. The molecule has 0 atom stereocenters. The van der Waals surface area contributed by atoms with Gasteiger partial charge < -0.3 is 9.64 Å². The first-order chi connectivity index (χ1) is 15.4. The zero-order valence-electron chi connectivity index (χ0n) is 18.2. The molecule has 3 heterocycles. The van der Waals surface area contributed by atoms with Gasteiger partial charge in [0.2, 0.25) is 0 Å². The van der Waals surface area contributed by atoms with Crippen molar-refractivity contribution in [2.75, 3.05) is 26.8 Å². The number of carbonyl (C=O) groups is 4. The lowest BCUT2D eigenvalue weighted by Gasteiger charge is -2.59. The number of carbonyl (C=O) groups excluding carboxylic acids is 4. The van der Waals surface area contributed by atoms with Gasteiger partial charge in [-0.25, -0.2) is 4.79 Å². The SMILES string of the molecule is CN1C(=O)N(CC2COC2)C2(CC3(CCC(N4C(=O)c5ccccc5C4=O)CC3)C2)C1=O. The van der Waals surface area contributed by atoms with Crippen molar-refractivity contribution in [2.45, 2.75) is 50.1 Å². The van der Waals surface area contributed by atoms with Crippen LogP contribution in [0, 0.1) is 11.3 Å². The van der Waals surface area contributed by atoms with Gasteiger partial charge in [-0.15, -0.1) is 0 Å². The van der Waals surface area contributed by atoms with E-state index in [9.17, 15) is 19.2 Å². The number of hydrogen-bond donors (Lipinski definition) is 0. The van der Waals surface area contributed by atoms with E-state index >= 15 is 0 Å². The first-order valence-electron chi connectivity index (χ1n) is 11.5. The molecule has 1 aromatic carbocycles. The Morgan fingerprint density at radius 3 is 2.09 bits per heavy atom. The summed E-state index contributed by atoms with van der Waals surface area (Å²) in [5.74, 6) is -0.167. The van der Waals surface area contributed by atoms with Gasteiger partial charge in [0.25, 0.3) is 17.7 Å². The Hall–Kier alpha value is -2.74. The van der Waals surface area contributed by atoms with Gasteiger partial charge >= 0.3 is 6.03 Å². The minimum atomic E-state index is -0.718. The lowest BCUT2D eigenvalue weighted by atomic mass is 9.51. The van der Waals surface area contributed by atoms with E-state index in [4.69, 9.17) is 4.74 Å². The van der Waals surface area contributed by atoms with Gasteiger partial charge in [-0.1, -0.05) is 12.1 Å². The van der Waals surface area contributed by atoms with Gasteiger partial charge in [-0.2, -0.15) is 0 Å². The second-order valence-corrected chi connectivity index (χ2v) is 10.3.